The van der Waals surface area contributed by atoms with Gasteiger partial charge in [0.15, 0.2) is 17.2 Å². The molecule has 0 aliphatic heterocycles. The molecule has 3 rings (SSSR count). The van der Waals surface area contributed by atoms with E-state index in [1.807, 2.05) is 61.1 Å². The maximum atomic E-state index is 11.8. The summed E-state index contributed by atoms with van der Waals surface area (Å²) in [6, 6.07) is 11.6. The molecule has 0 fully saturated rings. The number of ether oxygens (including phenoxy) is 3. The zero-order valence-electron chi connectivity index (χ0n) is 14.8. The molecular weight excluding hydrogens is 318 g/mol. The minimum absolute atomic E-state index is 0.380. The van der Waals surface area contributed by atoms with E-state index >= 15 is 0 Å². The predicted octanol–water partition coefficient (Wildman–Crippen LogP) is 4.18. The van der Waals surface area contributed by atoms with Gasteiger partial charge >= 0.3 is 5.97 Å². The summed E-state index contributed by atoms with van der Waals surface area (Å²) in [7, 11) is 3.53. The normalized spacial score (nSPS) is 10.7. The van der Waals surface area contributed by atoms with E-state index in [1.165, 1.54) is 6.92 Å². The molecule has 0 unspecified atom stereocenters. The van der Waals surface area contributed by atoms with Gasteiger partial charge in [-0.1, -0.05) is 30.3 Å². The number of benzene rings is 2. The average molecular weight is 339 g/mol. The lowest BCUT2D eigenvalue weighted by atomic mass is 10.00. The van der Waals surface area contributed by atoms with Crippen molar-refractivity contribution in [1.29, 1.82) is 0 Å². The SMILES string of the molecule is CCOc1c(-c2ccccc2)c(OC(C)=O)c2ccn(C)c2c1OC. The summed E-state index contributed by atoms with van der Waals surface area (Å²) in [6.07, 6.45) is 1.91. The second kappa shape index (κ2) is 6.89. The first-order valence-corrected chi connectivity index (χ1v) is 8.14. The maximum Gasteiger partial charge on any atom is 0.308 e. The highest BCUT2D eigenvalue weighted by Gasteiger charge is 2.26. The second-order valence-electron chi connectivity index (χ2n) is 5.65. The molecule has 0 saturated heterocycles. The molecule has 5 nitrogen and oxygen atoms in total. The number of fused-ring (bicyclic) bond motifs is 1. The van der Waals surface area contributed by atoms with Gasteiger partial charge in [0, 0.05) is 25.6 Å². The zero-order valence-corrected chi connectivity index (χ0v) is 14.8. The van der Waals surface area contributed by atoms with Crippen molar-refractivity contribution in [2.45, 2.75) is 13.8 Å². The van der Waals surface area contributed by atoms with Gasteiger partial charge in [-0.2, -0.15) is 0 Å². The molecule has 0 N–H and O–H groups in total. The molecule has 0 spiro atoms. The topological polar surface area (TPSA) is 49.7 Å². The van der Waals surface area contributed by atoms with Crippen molar-refractivity contribution >= 4 is 16.9 Å². The highest BCUT2D eigenvalue weighted by atomic mass is 16.5. The average Bonchev–Trinajstić information content (AvgIpc) is 2.98. The van der Waals surface area contributed by atoms with E-state index in [9.17, 15) is 4.79 Å². The Morgan fingerprint density at radius 1 is 1.08 bits per heavy atom. The molecule has 3 aromatic rings. The molecule has 25 heavy (non-hydrogen) atoms. The van der Waals surface area contributed by atoms with Gasteiger partial charge in [0.25, 0.3) is 0 Å². The molecular formula is C20H21NO4. The fraction of sp³-hybridized carbons (Fsp3) is 0.250. The van der Waals surface area contributed by atoms with Crippen LogP contribution in [0.25, 0.3) is 22.0 Å². The van der Waals surface area contributed by atoms with Crippen molar-refractivity contribution in [3.05, 3.63) is 42.6 Å². The zero-order chi connectivity index (χ0) is 18.0. The minimum atomic E-state index is -0.380. The lowest BCUT2D eigenvalue weighted by Crippen LogP contribution is -2.07. The molecule has 0 aliphatic carbocycles. The van der Waals surface area contributed by atoms with Crippen LogP contribution in [0.3, 0.4) is 0 Å². The smallest absolute Gasteiger partial charge is 0.308 e. The third-order valence-electron chi connectivity index (χ3n) is 3.99. The summed E-state index contributed by atoms with van der Waals surface area (Å²) in [6.45, 7) is 3.77. The van der Waals surface area contributed by atoms with Gasteiger partial charge in [0.1, 0.15) is 0 Å². The lowest BCUT2D eigenvalue weighted by Gasteiger charge is -2.20. The Labute approximate surface area is 146 Å². The van der Waals surface area contributed by atoms with Crippen LogP contribution in [0.2, 0.25) is 0 Å². The molecule has 0 radical (unpaired) electrons. The Morgan fingerprint density at radius 2 is 1.80 bits per heavy atom. The monoisotopic (exact) mass is 339 g/mol. The highest BCUT2D eigenvalue weighted by Crippen LogP contribution is 2.51. The summed E-state index contributed by atoms with van der Waals surface area (Å²) in [4.78, 5) is 11.8. The van der Waals surface area contributed by atoms with E-state index in [2.05, 4.69) is 0 Å². The number of rotatable bonds is 5. The van der Waals surface area contributed by atoms with Crippen LogP contribution in [-0.2, 0) is 11.8 Å². The van der Waals surface area contributed by atoms with Crippen molar-refractivity contribution in [2.24, 2.45) is 7.05 Å². The van der Waals surface area contributed by atoms with Crippen molar-refractivity contribution in [3.8, 4) is 28.4 Å². The second-order valence-corrected chi connectivity index (χ2v) is 5.65. The van der Waals surface area contributed by atoms with Crippen molar-refractivity contribution in [3.63, 3.8) is 0 Å². The van der Waals surface area contributed by atoms with Gasteiger partial charge in [-0.25, -0.2) is 0 Å². The number of nitrogens with zero attached hydrogens (tertiary/aromatic N) is 1. The van der Waals surface area contributed by atoms with Crippen LogP contribution in [0.15, 0.2) is 42.6 Å². The number of aromatic nitrogens is 1. The van der Waals surface area contributed by atoms with Crippen molar-refractivity contribution in [2.75, 3.05) is 13.7 Å². The van der Waals surface area contributed by atoms with Gasteiger partial charge in [-0.3, -0.25) is 4.79 Å². The molecule has 0 saturated carbocycles. The van der Waals surface area contributed by atoms with Crippen LogP contribution in [0.4, 0.5) is 0 Å². The first-order valence-electron chi connectivity index (χ1n) is 8.14. The minimum Gasteiger partial charge on any atom is -0.491 e. The first kappa shape index (κ1) is 16.9. The van der Waals surface area contributed by atoms with E-state index in [1.54, 1.807) is 7.11 Å². The van der Waals surface area contributed by atoms with Crippen LogP contribution in [0.5, 0.6) is 17.2 Å². The molecule has 5 heteroatoms. The van der Waals surface area contributed by atoms with Gasteiger partial charge in [0.05, 0.1) is 24.8 Å². The summed E-state index contributed by atoms with van der Waals surface area (Å²) in [5.41, 5.74) is 2.43. The largest absolute Gasteiger partial charge is 0.491 e. The van der Waals surface area contributed by atoms with Gasteiger partial charge in [0.2, 0.25) is 0 Å². The Morgan fingerprint density at radius 3 is 2.40 bits per heavy atom. The maximum absolute atomic E-state index is 11.8. The molecule has 0 atom stereocenters. The van der Waals surface area contributed by atoms with Crippen LogP contribution in [0, 0.1) is 0 Å². The quantitative estimate of drug-likeness (QED) is 0.517. The van der Waals surface area contributed by atoms with Crippen molar-refractivity contribution < 1.29 is 19.0 Å². The van der Waals surface area contributed by atoms with E-state index in [4.69, 9.17) is 14.2 Å². The first-order chi connectivity index (χ1) is 12.1. The number of hydrogen-bond acceptors (Lipinski definition) is 4. The molecule has 0 amide bonds. The van der Waals surface area contributed by atoms with E-state index in [0.29, 0.717) is 29.4 Å². The highest BCUT2D eigenvalue weighted by molar-refractivity contribution is 6.03. The standard InChI is InChI=1S/C20H21NO4/c1-5-24-19-16(14-9-7-6-8-10-14)18(25-13(2)22)15-11-12-21(3)17(15)20(19)23-4/h6-12H,5H2,1-4H3. The van der Waals surface area contributed by atoms with Gasteiger partial charge < -0.3 is 18.8 Å². The van der Waals surface area contributed by atoms with Crippen molar-refractivity contribution in [1.82, 2.24) is 4.57 Å². The molecule has 1 aromatic heterocycles. The number of methoxy groups -OCH3 is 1. The Kier molecular flexibility index (Phi) is 4.65. The van der Waals surface area contributed by atoms with Crippen LogP contribution < -0.4 is 14.2 Å². The summed E-state index contributed by atoms with van der Waals surface area (Å²) in [5, 5.41) is 0.803. The number of hydrogen-bond donors (Lipinski definition) is 0. The summed E-state index contributed by atoms with van der Waals surface area (Å²) >= 11 is 0. The van der Waals surface area contributed by atoms with E-state index < -0.39 is 0 Å². The lowest BCUT2D eigenvalue weighted by molar-refractivity contribution is -0.131. The van der Waals surface area contributed by atoms with E-state index in [0.717, 1.165) is 16.5 Å². The molecule has 2 aromatic carbocycles. The Balaban J connectivity index is 2.48. The Bertz CT molecular complexity index is 913. The summed E-state index contributed by atoms with van der Waals surface area (Å²) in [5.74, 6) is 1.30. The fourth-order valence-corrected chi connectivity index (χ4v) is 3.04. The van der Waals surface area contributed by atoms with Crippen LogP contribution in [0.1, 0.15) is 13.8 Å². The number of carbonyl (C=O) groups is 1. The molecule has 0 bridgehead atoms. The molecule has 130 valence electrons. The Hall–Kier alpha value is -2.95. The number of aryl methyl sites for hydroxylation is 1. The summed E-state index contributed by atoms with van der Waals surface area (Å²) < 4.78 is 19.2. The predicted molar refractivity (Wildman–Crippen MR) is 97.4 cm³/mol. The third-order valence-corrected chi connectivity index (χ3v) is 3.99. The van der Waals surface area contributed by atoms with Crippen LogP contribution in [-0.4, -0.2) is 24.3 Å². The fourth-order valence-electron chi connectivity index (χ4n) is 3.04. The third kappa shape index (κ3) is 2.93. The number of carbonyl (C=O) groups excluding carboxylic acids is 1. The van der Waals surface area contributed by atoms with E-state index in [-0.39, 0.29) is 5.97 Å². The number of esters is 1. The van der Waals surface area contributed by atoms with Crippen LogP contribution >= 0.6 is 0 Å². The molecule has 1 heterocycles. The molecule has 0 aliphatic rings. The van der Waals surface area contributed by atoms with Gasteiger partial charge in [-0.05, 0) is 18.6 Å². The van der Waals surface area contributed by atoms with Gasteiger partial charge in [-0.15, -0.1) is 0 Å².